The van der Waals surface area contributed by atoms with E-state index in [1.54, 1.807) is 6.07 Å². The molecule has 0 bridgehead atoms. The summed E-state index contributed by atoms with van der Waals surface area (Å²) in [4.78, 5) is 18.8. The lowest BCUT2D eigenvalue weighted by molar-refractivity contribution is 0.0156. The second-order valence-electron chi connectivity index (χ2n) is 4.66. The number of nitrogens with zero attached hydrogens (tertiary/aromatic N) is 1. The normalized spacial score (nSPS) is 19.9. The van der Waals surface area contributed by atoms with Gasteiger partial charge in [0.15, 0.2) is 0 Å². The Kier molecular flexibility index (Phi) is 4.90. The van der Waals surface area contributed by atoms with Crippen molar-refractivity contribution in [2.45, 2.75) is 45.3 Å². The predicted molar refractivity (Wildman–Crippen MR) is 69.5 cm³/mol. The van der Waals surface area contributed by atoms with E-state index in [9.17, 15) is 4.79 Å². The highest BCUT2D eigenvalue weighted by atomic mass is 16.5. The van der Waals surface area contributed by atoms with E-state index in [4.69, 9.17) is 4.74 Å². The summed E-state index contributed by atoms with van der Waals surface area (Å²) in [5, 5.41) is 3.18. The Balaban J connectivity index is 2.02. The highest BCUT2D eigenvalue weighted by molar-refractivity contribution is 5.03. The first-order valence-corrected chi connectivity index (χ1v) is 6.69. The van der Waals surface area contributed by atoms with Crippen LogP contribution in [0.4, 0.5) is 0 Å². The van der Waals surface area contributed by atoms with Crippen LogP contribution in [0.25, 0.3) is 0 Å². The summed E-state index contributed by atoms with van der Waals surface area (Å²) >= 11 is 0. The average molecular weight is 251 g/mol. The number of aromatic amines is 1. The van der Waals surface area contributed by atoms with Crippen LogP contribution >= 0.6 is 0 Å². The molecule has 2 N–H and O–H groups in total. The number of hydrogen-bond acceptors (Lipinski definition) is 4. The maximum atomic E-state index is 11.6. The average Bonchev–Trinajstić information content (AvgIpc) is 2.37. The summed E-state index contributed by atoms with van der Waals surface area (Å²) in [7, 11) is 0. The number of nitrogens with one attached hydrogen (secondary N) is 2. The van der Waals surface area contributed by atoms with E-state index < -0.39 is 0 Å². The number of rotatable bonds is 5. The Morgan fingerprint density at radius 2 is 2.44 bits per heavy atom. The molecule has 0 aliphatic carbocycles. The Morgan fingerprint density at radius 1 is 1.56 bits per heavy atom. The van der Waals surface area contributed by atoms with Gasteiger partial charge in [0, 0.05) is 25.6 Å². The molecule has 1 fully saturated rings. The molecule has 0 saturated carbocycles. The summed E-state index contributed by atoms with van der Waals surface area (Å²) in [5.41, 5.74) is 0.718. The largest absolute Gasteiger partial charge is 0.378 e. The smallest absolute Gasteiger partial charge is 0.251 e. The first-order chi connectivity index (χ1) is 8.78. The minimum absolute atomic E-state index is 0.0799. The molecule has 1 unspecified atom stereocenters. The number of ether oxygens (including phenoxy) is 1. The molecule has 1 aliphatic heterocycles. The summed E-state index contributed by atoms with van der Waals surface area (Å²) in [5.74, 6) is 0.738. The molecule has 1 aliphatic rings. The molecule has 100 valence electrons. The minimum Gasteiger partial charge on any atom is -0.378 e. The first kappa shape index (κ1) is 13.2. The zero-order valence-electron chi connectivity index (χ0n) is 10.9. The van der Waals surface area contributed by atoms with Crippen LogP contribution in [0.5, 0.6) is 0 Å². The van der Waals surface area contributed by atoms with Crippen LogP contribution in [0.1, 0.15) is 37.7 Å². The molecule has 0 amide bonds. The van der Waals surface area contributed by atoms with E-state index in [1.165, 1.54) is 6.42 Å². The first-order valence-electron chi connectivity index (χ1n) is 6.69. The number of hydrogen-bond donors (Lipinski definition) is 2. The van der Waals surface area contributed by atoms with E-state index in [2.05, 4.69) is 15.3 Å². The van der Waals surface area contributed by atoms with Gasteiger partial charge in [0.05, 0.1) is 11.8 Å². The molecule has 1 saturated heterocycles. The van der Waals surface area contributed by atoms with Gasteiger partial charge in [0.1, 0.15) is 5.82 Å². The zero-order valence-corrected chi connectivity index (χ0v) is 10.9. The van der Waals surface area contributed by atoms with Gasteiger partial charge in [-0.3, -0.25) is 4.79 Å². The summed E-state index contributed by atoms with van der Waals surface area (Å²) in [6.45, 7) is 4.37. The van der Waals surface area contributed by atoms with Crippen LogP contribution in [0.3, 0.4) is 0 Å². The SMILES string of the molecule is CCNCc1cc(=O)[nH]c(CC2CCCCO2)n1. The summed E-state index contributed by atoms with van der Waals surface area (Å²) in [6.07, 6.45) is 4.31. The van der Waals surface area contributed by atoms with Gasteiger partial charge in [-0.25, -0.2) is 4.98 Å². The van der Waals surface area contributed by atoms with E-state index in [1.807, 2.05) is 6.92 Å². The molecule has 5 nitrogen and oxygen atoms in total. The van der Waals surface area contributed by atoms with Crippen molar-refractivity contribution >= 4 is 0 Å². The molecule has 18 heavy (non-hydrogen) atoms. The standard InChI is InChI=1S/C13H21N3O2/c1-2-14-9-10-7-13(17)16-12(15-10)8-11-5-3-4-6-18-11/h7,11,14H,2-6,8-9H2,1H3,(H,15,16,17). The Hall–Kier alpha value is -1.20. The molecular formula is C13H21N3O2. The zero-order chi connectivity index (χ0) is 12.8. The van der Waals surface area contributed by atoms with Gasteiger partial charge in [-0.05, 0) is 25.8 Å². The van der Waals surface area contributed by atoms with Gasteiger partial charge in [0.25, 0.3) is 5.56 Å². The quantitative estimate of drug-likeness (QED) is 0.819. The number of aromatic nitrogens is 2. The lowest BCUT2D eigenvalue weighted by atomic mass is 10.1. The highest BCUT2D eigenvalue weighted by Gasteiger charge is 2.15. The van der Waals surface area contributed by atoms with Gasteiger partial charge in [-0.15, -0.1) is 0 Å². The Morgan fingerprint density at radius 3 is 3.17 bits per heavy atom. The van der Waals surface area contributed by atoms with Gasteiger partial charge >= 0.3 is 0 Å². The third-order valence-corrected chi connectivity index (χ3v) is 3.09. The van der Waals surface area contributed by atoms with E-state index in [0.29, 0.717) is 13.0 Å². The van der Waals surface area contributed by atoms with Crippen LogP contribution in [0.2, 0.25) is 0 Å². The van der Waals surface area contributed by atoms with Crippen molar-refractivity contribution in [1.29, 1.82) is 0 Å². The second-order valence-corrected chi connectivity index (χ2v) is 4.66. The molecule has 2 rings (SSSR count). The van der Waals surface area contributed by atoms with Gasteiger partial charge < -0.3 is 15.0 Å². The van der Waals surface area contributed by atoms with Crippen molar-refractivity contribution in [1.82, 2.24) is 15.3 Å². The van der Waals surface area contributed by atoms with Crippen LogP contribution in [0.15, 0.2) is 10.9 Å². The summed E-state index contributed by atoms with van der Waals surface area (Å²) < 4.78 is 5.67. The fraction of sp³-hybridized carbons (Fsp3) is 0.692. The Labute approximate surface area is 107 Å². The van der Waals surface area contributed by atoms with Crippen molar-refractivity contribution in [3.05, 3.63) is 27.9 Å². The molecule has 5 heteroatoms. The van der Waals surface area contributed by atoms with E-state index in [0.717, 1.165) is 37.5 Å². The molecule has 0 aromatic carbocycles. The molecule has 1 aromatic rings. The monoisotopic (exact) mass is 251 g/mol. The van der Waals surface area contributed by atoms with Crippen molar-refractivity contribution in [3.8, 4) is 0 Å². The highest BCUT2D eigenvalue weighted by Crippen LogP contribution is 2.15. The maximum Gasteiger partial charge on any atom is 0.251 e. The van der Waals surface area contributed by atoms with Crippen molar-refractivity contribution in [3.63, 3.8) is 0 Å². The molecule has 1 atom stereocenters. The van der Waals surface area contributed by atoms with Crippen LogP contribution in [-0.2, 0) is 17.7 Å². The lowest BCUT2D eigenvalue weighted by Crippen LogP contribution is -2.25. The van der Waals surface area contributed by atoms with Crippen molar-refractivity contribution < 1.29 is 4.74 Å². The third-order valence-electron chi connectivity index (χ3n) is 3.09. The molecule has 2 heterocycles. The van der Waals surface area contributed by atoms with Crippen molar-refractivity contribution in [2.24, 2.45) is 0 Å². The third kappa shape index (κ3) is 3.92. The number of H-pyrrole nitrogens is 1. The minimum atomic E-state index is -0.0799. The van der Waals surface area contributed by atoms with Gasteiger partial charge in [0.2, 0.25) is 0 Å². The van der Waals surface area contributed by atoms with E-state index >= 15 is 0 Å². The molecule has 0 spiro atoms. The van der Waals surface area contributed by atoms with E-state index in [-0.39, 0.29) is 11.7 Å². The van der Waals surface area contributed by atoms with Crippen LogP contribution < -0.4 is 10.9 Å². The topological polar surface area (TPSA) is 67.0 Å². The molecular weight excluding hydrogens is 230 g/mol. The van der Waals surface area contributed by atoms with Crippen LogP contribution in [0, 0.1) is 0 Å². The lowest BCUT2D eigenvalue weighted by Gasteiger charge is -2.22. The fourth-order valence-electron chi connectivity index (χ4n) is 2.19. The molecule has 0 radical (unpaired) electrons. The van der Waals surface area contributed by atoms with Crippen molar-refractivity contribution in [2.75, 3.05) is 13.2 Å². The van der Waals surface area contributed by atoms with Crippen LogP contribution in [-0.4, -0.2) is 29.2 Å². The maximum absolute atomic E-state index is 11.6. The van der Waals surface area contributed by atoms with Gasteiger partial charge in [-0.2, -0.15) is 0 Å². The molecule has 1 aromatic heterocycles. The second kappa shape index (κ2) is 6.66. The summed E-state index contributed by atoms with van der Waals surface area (Å²) in [6, 6.07) is 1.55. The van der Waals surface area contributed by atoms with Gasteiger partial charge in [-0.1, -0.05) is 6.92 Å². The predicted octanol–water partition coefficient (Wildman–Crippen LogP) is 0.991. The fourth-order valence-corrected chi connectivity index (χ4v) is 2.19. The Bertz CT molecular complexity index is 424.